The molecular weight excluding hydrogens is 166 g/mol. The average molecular weight is 183 g/mol. The summed E-state index contributed by atoms with van der Waals surface area (Å²) >= 11 is 0. The standard InChI is InChI=1S/C10H17NO2/c1-10(2)6-3-7(10)5-8(4-6)11-9(12)13/h6-8,11H,3-5H2,1-2H3,(H,12,13)/t6-,7+,8?. The Hall–Kier alpha value is -0.730. The Morgan fingerprint density at radius 3 is 2.23 bits per heavy atom. The summed E-state index contributed by atoms with van der Waals surface area (Å²) < 4.78 is 0. The van der Waals surface area contributed by atoms with Crippen molar-refractivity contribution in [3.05, 3.63) is 0 Å². The Morgan fingerprint density at radius 1 is 1.31 bits per heavy atom. The van der Waals surface area contributed by atoms with Gasteiger partial charge in [0.05, 0.1) is 0 Å². The lowest BCUT2D eigenvalue weighted by Crippen LogP contribution is -2.55. The molecule has 0 spiro atoms. The first kappa shape index (κ1) is 8.85. The van der Waals surface area contributed by atoms with Crippen LogP contribution < -0.4 is 5.32 Å². The molecule has 3 rings (SSSR count). The number of rotatable bonds is 1. The molecule has 2 N–H and O–H groups in total. The van der Waals surface area contributed by atoms with Crippen LogP contribution in [0.5, 0.6) is 0 Å². The highest BCUT2D eigenvalue weighted by Crippen LogP contribution is 2.58. The number of hydrogen-bond donors (Lipinski definition) is 2. The summed E-state index contributed by atoms with van der Waals surface area (Å²) in [5.41, 5.74) is 0.469. The molecule has 0 aromatic heterocycles. The van der Waals surface area contributed by atoms with E-state index in [1.807, 2.05) is 0 Å². The van der Waals surface area contributed by atoms with Crippen LogP contribution in [-0.2, 0) is 0 Å². The Morgan fingerprint density at radius 2 is 1.85 bits per heavy atom. The van der Waals surface area contributed by atoms with Gasteiger partial charge in [-0.25, -0.2) is 4.79 Å². The summed E-state index contributed by atoms with van der Waals surface area (Å²) in [7, 11) is 0. The Balaban J connectivity index is 1.93. The maximum absolute atomic E-state index is 10.4. The van der Waals surface area contributed by atoms with Crippen molar-refractivity contribution in [3.8, 4) is 0 Å². The summed E-state index contributed by atoms with van der Waals surface area (Å²) in [5.74, 6) is 1.48. The quantitative estimate of drug-likeness (QED) is 0.654. The molecule has 3 nitrogen and oxygen atoms in total. The third kappa shape index (κ3) is 1.30. The van der Waals surface area contributed by atoms with E-state index >= 15 is 0 Å². The van der Waals surface area contributed by atoms with E-state index in [1.165, 1.54) is 6.42 Å². The van der Waals surface area contributed by atoms with Gasteiger partial charge in [-0.3, -0.25) is 0 Å². The van der Waals surface area contributed by atoms with Crippen molar-refractivity contribution < 1.29 is 9.90 Å². The number of fused-ring (bicyclic) bond motifs is 2. The molecule has 0 saturated heterocycles. The highest BCUT2D eigenvalue weighted by molar-refractivity contribution is 5.64. The zero-order valence-electron chi connectivity index (χ0n) is 8.21. The largest absolute Gasteiger partial charge is 0.465 e. The van der Waals surface area contributed by atoms with Crippen LogP contribution in [0.4, 0.5) is 4.79 Å². The molecule has 3 aliphatic rings. The van der Waals surface area contributed by atoms with Crippen LogP contribution in [0.2, 0.25) is 0 Å². The number of amides is 1. The molecule has 0 radical (unpaired) electrons. The highest BCUT2D eigenvalue weighted by Gasteiger charge is 2.52. The SMILES string of the molecule is CC1(C)[C@@H]2CC(NC(=O)O)C[C@H]1C2. The molecule has 3 saturated carbocycles. The van der Waals surface area contributed by atoms with Crippen LogP contribution in [-0.4, -0.2) is 17.2 Å². The maximum Gasteiger partial charge on any atom is 0.404 e. The molecule has 3 atom stereocenters. The zero-order valence-corrected chi connectivity index (χ0v) is 8.21. The predicted octanol–water partition coefficient (Wildman–Crippen LogP) is 2.08. The summed E-state index contributed by atoms with van der Waals surface area (Å²) in [6.07, 6.45) is 2.51. The van der Waals surface area contributed by atoms with E-state index in [0.29, 0.717) is 5.41 Å². The molecule has 1 amide bonds. The molecule has 2 bridgehead atoms. The number of carboxylic acid groups (broad SMARTS) is 1. The van der Waals surface area contributed by atoms with Gasteiger partial charge in [0.15, 0.2) is 0 Å². The molecule has 3 fully saturated rings. The first-order chi connectivity index (χ1) is 6.00. The van der Waals surface area contributed by atoms with E-state index in [9.17, 15) is 4.79 Å². The average Bonchev–Trinajstić information content (AvgIpc) is 2.03. The van der Waals surface area contributed by atoms with Crippen molar-refractivity contribution in [2.45, 2.75) is 39.2 Å². The van der Waals surface area contributed by atoms with E-state index in [2.05, 4.69) is 19.2 Å². The van der Waals surface area contributed by atoms with Crippen molar-refractivity contribution in [2.24, 2.45) is 17.3 Å². The topological polar surface area (TPSA) is 49.3 Å². The lowest BCUT2D eigenvalue weighted by Gasteiger charge is -2.58. The molecule has 3 aliphatic carbocycles. The van der Waals surface area contributed by atoms with Gasteiger partial charge in [0.2, 0.25) is 0 Å². The van der Waals surface area contributed by atoms with E-state index < -0.39 is 6.09 Å². The molecule has 13 heavy (non-hydrogen) atoms. The van der Waals surface area contributed by atoms with Gasteiger partial charge in [-0.2, -0.15) is 0 Å². The second-order valence-electron chi connectivity index (χ2n) is 5.07. The summed E-state index contributed by atoms with van der Waals surface area (Å²) in [6.45, 7) is 4.62. The van der Waals surface area contributed by atoms with Crippen LogP contribution in [0.15, 0.2) is 0 Å². The van der Waals surface area contributed by atoms with Gasteiger partial charge < -0.3 is 10.4 Å². The smallest absolute Gasteiger partial charge is 0.404 e. The second kappa shape index (κ2) is 2.63. The lowest BCUT2D eigenvalue weighted by atomic mass is 9.48. The minimum atomic E-state index is -0.871. The number of hydrogen-bond acceptors (Lipinski definition) is 1. The van der Waals surface area contributed by atoms with Gasteiger partial charge in [0, 0.05) is 6.04 Å². The minimum Gasteiger partial charge on any atom is -0.465 e. The monoisotopic (exact) mass is 183 g/mol. The first-order valence-corrected chi connectivity index (χ1v) is 4.99. The minimum absolute atomic E-state index is 0.217. The van der Waals surface area contributed by atoms with Crippen molar-refractivity contribution in [1.82, 2.24) is 5.32 Å². The van der Waals surface area contributed by atoms with Crippen molar-refractivity contribution in [3.63, 3.8) is 0 Å². The fourth-order valence-corrected chi connectivity index (χ4v) is 3.00. The van der Waals surface area contributed by atoms with Gasteiger partial charge in [0.1, 0.15) is 0 Å². The highest BCUT2D eigenvalue weighted by atomic mass is 16.4. The molecule has 3 heteroatoms. The van der Waals surface area contributed by atoms with E-state index in [-0.39, 0.29) is 6.04 Å². The van der Waals surface area contributed by atoms with E-state index in [0.717, 1.165) is 24.7 Å². The molecule has 0 heterocycles. The molecule has 0 aromatic carbocycles. The van der Waals surface area contributed by atoms with Gasteiger partial charge >= 0.3 is 6.09 Å². The number of carbonyl (C=O) groups is 1. The van der Waals surface area contributed by atoms with Gasteiger partial charge in [-0.05, 0) is 36.5 Å². The summed E-state index contributed by atoms with van der Waals surface area (Å²) in [4.78, 5) is 10.4. The van der Waals surface area contributed by atoms with Crippen LogP contribution >= 0.6 is 0 Å². The summed E-state index contributed by atoms with van der Waals surface area (Å²) in [6, 6.07) is 0.217. The van der Waals surface area contributed by atoms with E-state index in [1.54, 1.807) is 0 Å². The van der Waals surface area contributed by atoms with Crippen molar-refractivity contribution in [1.29, 1.82) is 0 Å². The van der Waals surface area contributed by atoms with Crippen molar-refractivity contribution in [2.75, 3.05) is 0 Å². The summed E-state index contributed by atoms with van der Waals surface area (Å²) in [5, 5.41) is 11.2. The third-order valence-electron chi connectivity index (χ3n) is 4.14. The number of nitrogens with one attached hydrogen (secondary N) is 1. The van der Waals surface area contributed by atoms with Gasteiger partial charge in [-0.15, -0.1) is 0 Å². The van der Waals surface area contributed by atoms with Crippen LogP contribution in [0.1, 0.15) is 33.1 Å². The van der Waals surface area contributed by atoms with Crippen molar-refractivity contribution >= 4 is 6.09 Å². The molecule has 1 unspecified atom stereocenters. The van der Waals surface area contributed by atoms with E-state index in [4.69, 9.17) is 5.11 Å². The molecule has 0 aromatic rings. The second-order valence-corrected chi connectivity index (χ2v) is 5.07. The Labute approximate surface area is 78.5 Å². The van der Waals surface area contributed by atoms with Crippen LogP contribution in [0, 0.1) is 17.3 Å². The molecular formula is C10H17NO2. The van der Waals surface area contributed by atoms with Gasteiger partial charge in [-0.1, -0.05) is 13.8 Å². The predicted molar refractivity (Wildman–Crippen MR) is 49.6 cm³/mol. The maximum atomic E-state index is 10.4. The Bertz CT molecular complexity index is 223. The first-order valence-electron chi connectivity index (χ1n) is 4.99. The van der Waals surface area contributed by atoms with Gasteiger partial charge in [0.25, 0.3) is 0 Å². The lowest BCUT2D eigenvalue weighted by molar-refractivity contribution is -0.0773. The molecule has 74 valence electrons. The molecule has 0 aliphatic heterocycles. The fourth-order valence-electron chi connectivity index (χ4n) is 3.00. The van der Waals surface area contributed by atoms with Crippen LogP contribution in [0.3, 0.4) is 0 Å². The normalized spacial score (nSPS) is 40.6. The zero-order chi connectivity index (χ0) is 9.64. The fraction of sp³-hybridized carbons (Fsp3) is 0.900. The van der Waals surface area contributed by atoms with Crippen LogP contribution in [0.25, 0.3) is 0 Å². The Kier molecular flexibility index (Phi) is 1.79. The third-order valence-corrected chi connectivity index (χ3v) is 4.14.